The Hall–Kier alpha value is -1.69. The third-order valence-corrected chi connectivity index (χ3v) is 7.32. The van der Waals surface area contributed by atoms with Gasteiger partial charge in [-0.15, -0.1) is 0 Å². The normalized spacial score (nSPS) is 14.6. The van der Waals surface area contributed by atoms with Gasteiger partial charge in [0.15, 0.2) is 0 Å². The minimum absolute atomic E-state index is 0.0493. The fourth-order valence-corrected chi connectivity index (χ4v) is 4.66. The van der Waals surface area contributed by atoms with Crippen molar-refractivity contribution < 1.29 is 20.1 Å². The van der Waals surface area contributed by atoms with Crippen LogP contribution in [0.25, 0.3) is 0 Å². The molecule has 5 heteroatoms. The topological polar surface area (TPSA) is 89.8 Å². The molecule has 0 aromatic carbocycles. The van der Waals surface area contributed by atoms with E-state index in [2.05, 4.69) is 49.5 Å². The van der Waals surface area contributed by atoms with Gasteiger partial charge in [0.2, 0.25) is 5.91 Å². The van der Waals surface area contributed by atoms with Crippen LogP contribution in [0.2, 0.25) is 0 Å². The van der Waals surface area contributed by atoms with Gasteiger partial charge in [-0.3, -0.25) is 4.79 Å². The average molecular weight is 576 g/mol. The van der Waals surface area contributed by atoms with Crippen LogP contribution in [0.15, 0.2) is 48.6 Å². The Kier molecular flexibility index (Phi) is 30.0. The van der Waals surface area contributed by atoms with Crippen molar-refractivity contribution in [1.29, 1.82) is 0 Å². The van der Waals surface area contributed by atoms with Crippen molar-refractivity contribution >= 4 is 5.91 Å². The smallest absolute Gasteiger partial charge is 0.223 e. The Balaban J connectivity index is 3.87. The molecule has 0 aromatic heterocycles. The SMILES string of the molecule is CCCCCC/C=C\CC(O)CC(=O)NC(CO)C(O)/C=C/CC/C=C/CC/C=C/CCCCCCCCCCC. The zero-order chi connectivity index (χ0) is 30.2. The maximum atomic E-state index is 12.2. The third kappa shape index (κ3) is 28.2. The molecular weight excluding hydrogens is 510 g/mol. The Morgan fingerprint density at radius 2 is 1.05 bits per heavy atom. The zero-order valence-electron chi connectivity index (χ0n) is 26.7. The predicted octanol–water partition coefficient (Wildman–Crippen LogP) is 8.64. The maximum absolute atomic E-state index is 12.2. The van der Waals surface area contributed by atoms with Crippen LogP contribution in [0.4, 0.5) is 0 Å². The van der Waals surface area contributed by atoms with E-state index in [1.54, 1.807) is 6.08 Å². The van der Waals surface area contributed by atoms with Crippen molar-refractivity contribution in [2.75, 3.05) is 6.61 Å². The van der Waals surface area contributed by atoms with Crippen LogP contribution in [-0.4, -0.2) is 46.1 Å². The molecule has 3 atom stereocenters. The molecule has 0 saturated heterocycles. The van der Waals surface area contributed by atoms with Gasteiger partial charge in [0.1, 0.15) is 0 Å². The van der Waals surface area contributed by atoms with Crippen molar-refractivity contribution in [2.24, 2.45) is 0 Å². The van der Waals surface area contributed by atoms with Crippen LogP contribution in [0.1, 0.15) is 149 Å². The molecule has 0 radical (unpaired) electrons. The predicted molar refractivity (Wildman–Crippen MR) is 176 cm³/mol. The van der Waals surface area contributed by atoms with Gasteiger partial charge in [-0.1, -0.05) is 133 Å². The van der Waals surface area contributed by atoms with E-state index in [0.717, 1.165) is 38.5 Å². The molecule has 5 nitrogen and oxygen atoms in total. The summed E-state index contributed by atoms with van der Waals surface area (Å²) in [6.07, 6.45) is 38.3. The van der Waals surface area contributed by atoms with E-state index >= 15 is 0 Å². The first-order valence-electron chi connectivity index (χ1n) is 16.9. The standard InChI is InChI=1S/C36H65NO4/c1-3-5-7-9-11-12-13-14-15-16-17-18-19-20-21-22-24-26-28-30-35(40)34(32-38)37-36(41)31-33(39)29-27-25-23-10-8-6-4-2/h17-18,21-22,25,27-28,30,33-35,38-40H,3-16,19-20,23-24,26,29,31-32H2,1-2H3,(H,37,41)/b18-17+,22-21+,27-25-,30-28+. The molecule has 0 aliphatic heterocycles. The highest BCUT2D eigenvalue weighted by Gasteiger charge is 2.19. The number of hydrogen-bond donors (Lipinski definition) is 4. The van der Waals surface area contributed by atoms with Crippen LogP contribution < -0.4 is 5.32 Å². The molecular formula is C36H65NO4. The number of allylic oxidation sites excluding steroid dienone is 6. The van der Waals surface area contributed by atoms with E-state index in [1.165, 1.54) is 83.5 Å². The van der Waals surface area contributed by atoms with Crippen LogP contribution in [-0.2, 0) is 4.79 Å². The molecule has 0 aromatic rings. The number of carbonyl (C=O) groups excluding carboxylic acids is 1. The van der Waals surface area contributed by atoms with E-state index in [9.17, 15) is 20.1 Å². The zero-order valence-corrected chi connectivity index (χ0v) is 26.7. The molecule has 0 fully saturated rings. The lowest BCUT2D eigenvalue weighted by Crippen LogP contribution is -2.45. The second-order valence-corrected chi connectivity index (χ2v) is 11.4. The molecule has 4 N–H and O–H groups in total. The summed E-state index contributed by atoms with van der Waals surface area (Å²) in [7, 11) is 0. The Morgan fingerprint density at radius 1 is 0.610 bits per heavy atom. The number of aliphatic hydroxyl groups is 3. The second-order valence-electron chi connectivity index (χ2n) is 11.4. The fourth-order valence-electron chi connectivity index (χ4n) is 4.66. The van der Waals surface area contributed by atoms with Gasteiger partial charge in [-0.2, -0.15) is 0 Å². The van der Waals surface area contributed by atoms with Crippen LogP contribution in [0.5, 0.6) is 0 Å². The third-order valence-electron chi connectivity index (χ3n) is 7.32. The molecule has 0 rings (SSSR count). The van der Waals surface area contributed by atoms with Gasteiger partial charge in [-0.05, 0) is 57.8 Å². The largest absolute Gasteiger partial charge is 0.394 e. The number of nitrogens with one attached hydrogen (secondary N) is 1. The number of unbranched alkanes of at least 4 members (excludes halogenated alkanes) is 15. The van der Waals surface area contributed by atoms with Crippen molar-refractivity contribution in [1.82, 2.24) is 5.32 Å². The first-order valence-corrected chi connectivity index (χ1v) is 16.9. The molecule has 41 heavy (non-hydrogen) atoms. The highest BCUT2D eigenvalue weighted by Crippen LogP contribution is 2.11. The molecule has 0 bridgehead atoms. The van der Waals surface area contributed by atoms with E-state index < -0.39 is 18.2 Å². The monoisotopic (exact) mass is 575 g/mol. The lowest BCUT2D eigenvalue weighted by Gasteiger charge is -2.20. The molecule has 0 spiro atoms. The first kappa shape index (κ1) is 39.3. The van der Waals surface area contributed by atoms with Gasteiger partial charge >= 0.3 is 0 Å². The minimum Gasteiger partial charge on any atom is -0.394 e. The molecule has 0 aliphatic carbocycles. The number of carbonyl (C=O) groups is 1. The van der Waals surface area contributed by atoms with Gasteiger partial charge in [-0.25, -0.2) is 0 Å². The van der Waals surface area contributed by atoms with Crippen LogP contribution in [0, 0.1) is 0 Å². The van der Waals surface area contributed by atoms with Crippen molar-refractivity contribution in [2.45, 2.75) is 167 Å². The van der Waals surface area contributed by atoms with Gasteiger partial charge in [0, 0.05) is 0 Å². The highest BCUT2D eigenvalue weighted by atomic mass is 16.3. The Morgan fingerprint density at radius 3 is 1.59 bits per heavy atom. The van der Waals surface area contributed by atoms with Crippen molar-refractivity contribution in [3.05, 3.63) is 48.6 Å². The fraction of sp³-hybridized carbons (Fsp3) is 0.750. The summed E-state index contributed by atoms with van der Waals surface area (Å²) in [6.45, 7) is 4.09. The quantitative estimate of drug-likeness (QED) is 0.0531. The number of rotatable bonds is 29. The van der Waals surface area contributed by atoms with Gasteiger partial charge in [0.25, 0.3) is 0 Å². The van der Waals surface area contributed by atoms with Crippen LogP contribution >= 0.6 is 0 Å². The van der Waals surface area contributed by atoms with Crippen LogP contribution in [0.3, 0.4) is 0 Å². The Labute approximate surface area is 253 Å². The van der Waals surface area contributed by atoms with E-state index in [0.29, 0.717) is 6.42 Å². The number of hydrogen-bond acceptors (Lipinski definition) is 4. The first-order chi connectivity index (χ1) is 20.0. The molecule has 0 saturated carbocycles. The average Bonchev–Trinajstić information content (AvgIpc) is 2.96. The highest BCUT2D eigenvalue weighted by molar-refractivity contribution is 5.76. The summed E-state index contributed by atoms with van der Waals surface area (Å²) in [6, 6.07) is -0.780. The number of amides is 1. The second kappa shape index (κ2) is 31.3. The van der Waals surface area contributed by atoms with E-state index in [1.807, 2.05) is 12.2 Å². The minimum atomic E-state index is -0.968. The lowest BCUT2D eigenvalue weighted by molar-refractivity contribution is -0.124. The van der Waals surface area contributed by atoms with E-state index in [-0.39, 0.29) is 18.9 Å². The molecule has 3 unspecified atom stereocenters. The molecule has 238 valence electrons. The van der Waals surface area contributed by atoms with Gasteiger partial charge < -0.3 is 20.6 Å². The maximum Gasteiger partial charge on any atom is 0.223 e. The Bertz CT molecular complexity index is 685. The van der Waals surface area contributed by atoms with Gasteiger partial charge in [0.05, 0.1) is 31.3 Å². The molecule has 0 aliphatic rings. The summed E-state index contributed by atoms with van der Waals surface area (Å²) in [5.74, 6) is -0.370. The van der Waals surface area contributed by atoms with Crippen molar-refractivity contribution in [3.8, 4) is 0 Å². The molecule has 1 amide bonds. The summed E-state index contributed by atoms with van der Waals surface area (Å²) in [4.78, 5) is 12.2. The lowest BCUT2D eigenvalue weighted by atomic mass is 10.1. The summed E-state index contributed by atoms with van der Waals surface area (Å²) >= 11 is 0. The van der Waals surface area contributed by atoms with E-state index in [4.69, 9.17) is 0 Å². The summed E-state index contributed by atoms with van der Waals surface area (Å²) < 4.78 is 0. The number of aliphatic hydroxyl groups excluding tert-OH is 3. The van der Waals surface area contributed by atoms with Crippen molar-refractivity contribution in [3.63, 3.8) is 0 Å². The molecule has 0 heterocycles. The summed E-state index contributed by atoms with van der Waals surface area (Å²) in [5, 5.41) is 32.7. The summed E-state index contributed by atoms with van der Waals surface area (Å²) in [5.41, 5.74) is 0.